The number of alkyl halides is 2. The third-order valence-electron chi connectivity index (χ3n) is 5.46. The average Bonchev–Trinajstić information content (AvgIpc) is 3.18. The van der Waals surface area contributed by atoms with Crippen molar-refractivity contribution in [3.8, 4) is 0 Å². The van der Waals surface area contributed by atoms with Gasteiger partial charge in [-0.05, 0) is 30.9 Å². The van der Waals surface area contributed by atoms with Crippen molar-refractivity contribution in [3.63, 3.8) is 0 Å². The van der Waals surface area contributed by atoms with Gasteiger partial charge in [0.1, 0.15) is 17.4 Å². The van der Waals surface area contributed by atoms with E-state index in [2.05, 4.69) is 15.7 Å². The standard InChI is InChI=1S/C23H24F2N4O/c1-15-7-9-17(10-8-15)19-13-20(21(24)25)29-22(28-19)18(14-27-29)23(30)26-12-11-16-5-3-2-4-6-16/h2-10,14,19-21,28H,11-13H2,1H3,(H,26,30)/t19-,20-/m1/s1. The summed E-state index contributed by atoms with van der Waals surface area (Å²) in [6.07, 6.45) is -0.320. The fourth-order valence-corrected chi connectivity index (χ4v) is 3.78. The van der Waals surface area contributed by atoms with Crippen molar-refractivity contribution in [2.75, 3.05) is 11.9 Å². The van der Waals surface area contributed by atoms with Crippen molar-refractivity contribution in [2.45, 2.75) is 38.3 Å². The molecule has 0 saturated carbocycles. The molecule has 2 heterocycles. The molecule has 0 radical (unpaired) electrons. The Morgan fingerprint density at radius 2 is 1.93 bits per heavy atom. The maximum Gasteiger partial charge on any atom is 0.260 e. The maximum atomic E-state index is 13.8. The first kappa shape index (κ1) is 20.1. The Labute approximate surface area is 174 Å². The van der Waals surface area contributed by atoms with E-state index in [1.165, 1.54) is 10.9 Å². The lowest BCUT2D eigenvalue weighted by atomic mass is 9.96. The summed E-state index contributed by atoms with van der Waals surface area (Å²) in [5.41, 5.74) is 3.41. The van der Waals surface area contributed by atoms with Crippen LogP contribution in [0.15, 0.2) is 60.8 Å². The summed E-state index contributed by atoms with van der Waals surface area (Å²) in [6, 6.07) is 16.2. The number of hydrogen-bond donors (Lipinski definition) is 2. The van der Waals surface area contributed by atoms with Gasteiger partial charge in [-0.15, -0.1) is 0 Å². The number of aryl methyl sites for hydroxylation is 1. The zero-order chi connectivity index (χ0) is 21.1. The minimum Gasteiger partial charge on any atom is -0.363 e. The Morgan fingerprint density at radius 3 is 2.63 bits per heavy atom. The minimum absolute atomic E-state index is 0.199. The zero-order valence-corrected chi connectivity index (χ0v) is 16.7. The number of benzene rings is 2. The van der Waals surface area contributed by atoms with E-state index < -0.39 is 12.5 Å². The molecule has 156 valence electrons. The smallest absolute Gasteiger partial charge is 0.260 e. The quantitative estimate of drug-likeness (QED) is 0.628. The Morgan fingerprint density at radius 1 is 1.20 bits per heavy atom. The van der Waals surface area contributed by atoms with Gasteiger partial charge in [0.15, 0.2) is 0 Å². The van der Waals surface area contributed by atoms with Gasteiger partial charge in [0.2, 0.25) is 0 Å². The molecule has 1 aromatic heterocycles. The van der Waals surface area contributed by atoms with Crippen molar-refractivity contribution in [1.82, 2.24) is 15.1 Å². The summed E-state index contributed by atoms with van der Waals surface area (Å²) < 4.78 is 28.8. The van der Waals surface area contributed by atoms with Crippen LogP contribution < -0.4 is 10.6 Å². The second-order valence-corrected chi connectivity index (χ2v) is 7.59. The fraction of sp³-hybridized carbons (Fsp3) is 0.304. The predicted octanol–water partition coefficient (Wildman–Crippen LogP) is 4.53. The molecule has 1 aliphatic rings. The first-order valence-corrected chi connectivity index (χ1v) is 10.0. The van der Waals surface area contributed by atoms with Crippen LogP contribution in [0.5, 0.6) is 0 Å². The number of anilines is 1. The molecule has 0 fully saturated rings. The molecule has 5 nitrogen and oxygen atoms in total. The van der Waals surface area contributed by atoms with Crippen LogP contribution in [0.1, 0.15) is 45.6 Å². The van der Waals surface area contributed by atoms with Crippen LogP contribution in [0, 0.1) is 6.92 Å². The molecule has 2 N–H and O–H groups in total. The first-order valence-electron chi connectivity index (χ1n) is 10.0. The highest BCUT2D eigenvalue weighted by Gasteiger charge is 2.36. The van der Waals surface area contributed by atoms with E-state index in [1.54, 1.807) is 0 Å². The number of rotatable bonds is 6. The highest BCUT2D eigenvalue weighted by Crippen LogP contribution is 2.39. The van der Waals surface area contributed by atoms with Crippen LogP contribution in [-0.2, 0) is 6.42 Å². The summed E-state index contributed by atoms with van der Waals surface area (Å²) in [5, 5.41) is 10.2. The van der Waals surface area contributed by atoms with Crippen LogP contribution in [-0.4, -0.2) is 28.7 Å². The zero-order valence-electron chi connectivity index (χ0n) is 16.7. The lowest BCUT2D eigenvalue weighted by Crippen LogP contribution is -2.32. The van der Waals surface area contributed by atoms with Crippen molar-refractivity contribution in [2.24, 2.45) is 0 Å². The maximum absolute atomic E-state index is 13.8. The van der Waals surface area contributed by atoms with Crippen LogP contribution >= 0.6 is 0 Å². The van der Waals surface area contributed by atoms with Gasteiger partial charge < -0.3 is 10.6 Å². The summed E-state index contributed by atoms with van der Waals surface area (Å²) in [5.74, 6) is 0.0200. The van der Waals surface area contributed by atoms with Gasteiger partial charge in [-0.1, -0.05) is 60.2 Å². The molecule has 0 saturated heterocycles. The summed E-state index contributed by atoms with van der Waals surface area (Å²) in [7, 11) is 0. The van der Waals surface area contributed by atoms with E-state index in [1.807, 2.05) is 61.5 Å². The molecule has 1 aliphatic heterocycles. The number of aromatic nitrogens is 2. The summed E-state index contributed by atoms with van der Waals surface area (Å²) in [6.45, 7) is 2.43. The number of fused-ring (bicyclic) bond motifs is 1. The predicted molar refractivity (Wildman–Crippen MR) is 112 cm³/mol. The Kier molecular flexibility index (Phi) is 5.79. The molecule has 0 bridgehead atoms. The van der Waals surface area contributed by atoms with Crippen molar-refractivity contribution < 1.29 is 13.6 Å². The van der Waals surface area contributed by atoms with E-state index in [0.717, 1.165) is 16.7 Å². The molecule has 0 aliphatic carbocycles. The van der Waals surface area contributed by atoms with E-state index in [9.17, 15) is 13.6 Å². The molecular weight excluding hydrogens is 386 g/mol. The summed E-state index contributed by atoms with van der Waals surface area (Å²) >= 11 is 0. The van der Waals surface area contributed by atoms with Gasteiger partial charge in [0, 0.05) is 6.54 Å². The lowest BCUT2D eigenvalue weighted by Gasteiger charge is -2.32. The molecule has 2 aromatic carbocycles. The number of amides is 1. The van der Waals surface area contributed by atoms with Gasteiger partial charge in [-0.3, -0.25) is 4.79 Å². The van der Waals surface area contributed by atoms with Crippen LogP contribution in [0.25, 0.3) is 0 Å². The largest absolute Gasteiger partial charge is 0.363 e. The third kappa shape index (κ3) is 4.20. The molecule has 4 rings (SSSR count). The van der Waals surface area contributed by atoms with E-state index in [-0.39, 0.29) is 23.9 Å². The van der Waals surface area contributed by atoms with Crippen molar-refractivity contribution in [3.05, 3.63) is 83.0 Å². The number of carbonyl (C=O) groups excluding carboxylic acids is 1. The number of hydrogen-bond acceptors (Lipinski definition) is 3. The molecule has 3 aromatic rings. The molecule has 2 atom stereocenters. The fourth-order valence-electron chi connectivity index (χ4n) is 3.78. The normalized spacial score (nSPS) is 18.0. The highest BCUT2D eigenvalue weighted by molar-refractivity contribution is 5.98. The third-order valence-corrected chi connectivity index (χ3v) is 5.46. The minimum atomic E-state index is -2.58. The van der Waals surface area contributed by atoms with Crippen molar-refractivity contribution in [1.29, 1.82) is 0 Å². The van der Waals surface area contributed by atoms with Gasteiger partial charge >= 0.3 is 0 Å². The SMILES string of the molecule is Cc1ccc([C@H]2C[C@H](C(F)F)n3ncc(C(=O)NCCc4ccccc4)c3N2)cc1. The number of nitrogens with one attached hydrogen (secondary N) is 2. The van der Waals surface area contributed by atoms with Gasteiger partial charge in [-0.25, -0.2) is 13.5 Å². The second-order valence-electron chi connectivity index (χ2n) is 7.59. The number of halogens is 2. The van der Waals surface area contributed by atoms with Crippen LogP contribution in [0.3, 0.4) is 0 Å². The highest BCUT2D eigenvalue weighted by atomic mass is 19.3. The molecule has 1 amide bonds. The lowest BCUT2D eigenvalue weighted by molar-refractivity contribution is 0.0656. The average molecular weight is 410 g/mol. The van der Waals surface area contributed by atoms with Gasteiger partial charge in [-0.2, -0.15) is 5.10 Å². The Balaban J connectivity index is 1.52. The number of carbonyl (C=O) groups is 1. The van der Waals surface area contributed by atoms with Gasteiger partial charge in [0.25, 0.3) is 12.3 Å². The van der Waals surface area contributed by atoms with E-state index in [4.69, 9.17) is 0 Å². The van der Waals surface area contributed by atoms with E-state index >= 15 is 0 Å². The van der Waals surface area contributed by atoms with Crippen LogP contribution in [0.2, 0.25) is 0 Å². The number of nitrogens with zero attached hydrogens (tertiary/aromatic N) is 2. The monoisotopic (exact) mass is 410 g/mol. The van der Waals surface area contributed by atoms with Crippen LogP contribution in [0.4, 0.5) is 14.6 Å². The first-order chi connectivity index (χ1) is 14.5. The molecule has 30 heavy (non-hydrogen) atoms. The molecular formula is C23H24F2N4O. The van der Waals surface area contributed by atoms with Gasteiger partial charge in [0.05, 0.1) is 12.2 Å². The molecule has 0 unspecified atom stereocenters. The molecule has 7 heteroatoms. The molecule has 0 spiro atoms. The topological polar surface area (TPSA) is 59.0 Å². The Hall–Kier alpha value is -3.22. The second kappa shape index (κ2) is 8.65. The summed E-state index contributed by atoms with van der Waals surface area (Å²) in [4.78, 5) is 12.7. The Bertz CT molecular complexity index is 1000. The van der Waals surface area contributed by atoms with E-state index in [0.29, 0.717) is 18.8 Å². The van der Waals surface area contributed by atoms with Crippen molar-refractivity contribution >= 4 is 11.7 Å².